The highest BCUT2D eigenvalue weighted by Crippen LogP contribution is 2.48. The van der Waals surface area contributed by atoms with Crippen LogP contribution < -0.4 is 15.4 Å². The molecule has 0 saturated heterocycles. The summed E-state index contributed by atoms with van der Waals surface area (Å²) < 4.78 is 16.3. The maximum absolute atomic E-state index is 5.98. The zero-order chi connectivity index (χ0) is 20.2. The molecule has 1 aromatic carbocycles. The molecule has 0 spiro atoms. The van der Waals surface area contributed by atoms with E-state index in [4.69, 9.17) is 19.2 Å². The molecule has 6 heteroatoms. The van der Waals surface area contributed by atoms with Gasteiger partial charge in [-0.2, -0.15) is 0 Å². The predicted molar refractivity (Wildman–Crippen MR) is 114 cm³/mol. The van der Waals surface area contributed by atoms with Crippen LogP contribution >= 0.6 is 0 Å². The standard InChI is InChI=1S/C22H37N3O3/c1-5-23-21(25-17-22(9-10-22)11-14-27-4)24-16-19-8-7-18(2)15-20(19)28-13-6-12-26-3/h7-8,15H,5-6,9-14,16-17H2,1-4H3,(H2,23,24,25). The minimum atomic E-state index is 0.381. The molecular formula is C22H37N3O3. The number of hydrogen-bond acceptors (Lipinski definition) is 4. The van der Waals surface area contributed by atoms with E-state index in [1.807, 2.05) is 0 Å². The van der Waals surface area contributed by atoms with Gasteiger partial charge in [0.25, 0.3) is 0 Å². The summed E-state index contributed by atoms with van der Waals surface area (Å²) in [5, 5.41) is 6.87. The van der Waals surface area contributed by atoms with Gasteiger partial charge in [0.2, 0.25) is 0 Å². The number of methoxy groups -OCH3 is 2. The third-order valence-corrected chi connectivity index (χ3v) is 5.15. The molecule has 1 aliphatic rings. The molecule has 1 saturated carbocycles. The fourth-order valence-corrected chi connectivity index (χ4v) is 3.10. The Kier molecular flexibility index (Phi) is 9.58. The quantitative estimate of drug-likeness (QED) is 0.307. The maximum Gasteiger partial charge on any atom is 0.191 e. The van der Waals surface area contributed by atoms with Crippen molar-refractivity contribution in [1.29, 1.82) is 0 Å². The van der Waals surface area contributed by atoms with Gasteiger partial charge in [-0.05, 0) is 50.2 Å². The molecule has 0 aromatic heterocycles. The Labute approximate surface area is 170 Å². The molecule has 158 valence electrons. The van der Waals surface area contributed by atoms with Gasteiger partial charge in [0.15, 0.2) is 5.96 Å². The van der Waals surface area contributed by atoms with Crippen molar-refractivity contribution in [3.05, 3.63) is 29.3 Å². The minimum absolute atomic E-state index is 0.381. The third kappa shape index (κ3) is 7.68. The average Bonchev–Trinajstić information content (AvgIpc) is 3.47. The second-order valence-electron chi connectivity index (χ2n) is 7.60. The third-order valence-electron chi connectivity index (χ3n) is 5.15. The molecule has 0 atom stereocenters. The molecule has 0 heterocycles. The maximum atomic E-state index is 5.98. The Hall–Kier alpha value is -1.79. The first-order valence-electron chi connectivity index (χ1n) is 10.3. The van der Waals surface area contributed by atoms with Crippen LogP contribution in [0, 0.1) is 12.3 Å². The van der Waals surface area contributed by atoms with Gasteiger partial charge in [-0.3, -0.25) is 0 Å². The van der Waals surface area contributed by atoms with E-state index in [0.29, 0.717) is 25.2 Å². The van der Waals surface area contributed by atoms with Crippen LogP contribution in [0.2, 0.25) is 0 Å². The van der Waals surface area contributed by atoms with E-state index in [1.54, 1.807) is 14.2 Å². The summed E-state index contributed by atoms with van der Waals surface area (Å²) in [6.07, 6.45) is 4.51. The highest BCUT2D eigenvalue weighted by atomic mass is 16.5. The Balaban J connectivity index is 1.95. The number of nitrogens with one attached hydrogen (secondary N) is 2. The van der Waals surface area contributed by atoms with Crippen LogP contribution in [0.1, 0.15) is 43.7 Å². The van der Waals surface area contributed by atoms with E-state index >= 15 is 0 Å². The van der Waals surface area contributed by atoms with Crippen LogP contribution in [0.4, 0.5) is 0 Å². The summed E-state index contributed by atoms with van der Waals surface area (Å²) >= 11 is 0. The van der Waals surface area contributed by atoms with Gasteiger partial charge >= 0.3 is 0 Å². The van der Waals surface area contributed by atoms with Gasteiger partial charge in [-0.15, -0.1) is 0 Å². The van der Waals surface area contributed by atoms with Crippen molar-refractivity contribution < 1.29 is 14.2 Å². The Morgan fingerprint density at radius 3 is 2.57 bits per heavy atom. The van der Waals surface area contributed by atoms with Gasteiger partial charge in [-0.25, -0.2) is 4.99 Å². The topological polar surface area (TPSA) is 64.1 Å². The van der Waals surface area contributed by atoms with Crippen LogP contribution in [0.5, 0.6) is 5.75 Å². The van der Waals surface area contributed by atoms with E-state index in [1.165, 1.54) is 18.4 Å². The van der Waals surface area contributed by atoms with E-state index in [2.05, 4.69) is 42.7 Å². The first-order valence-corrected chi connectivity index (χ1v) is 10.3. The molecule has 0 amide bonds. The highest BCUT2D eigenvalue weighted by Gasteiger charge is 2.41. The van der Waals surface area contributed by atoms with Crippen molar-refractivity contribution in [1.82, 2.24) is 10.6 Å². The highest BCUT2D eigenvalue weighted by molar-refractivity contribution is 5.79. The fraction of sp³-hybridized carbons (Fsp3) is 0.682. The average molecular weight is 392 g/mol. The van der Waals surface area contributed by atoms with Crippen LogP contribution in [0.15, 0.2) is 23.2 Å². The SMILES string of the molecule is CCNC(=NCc1ccc(C)cc1OCCCOC)NCC1(CCOC)CC1. The second-order valence-corrected chi connectivity index (χ2v) is 7.60. The fourth-order valence-electron chi connectivity index (χ4n) is 3.10. The molecule has 1 aliphatic carbocycles. The predicted octanol–water partition coefficient (Wildman–Crippen LogP) is 3.28. The Morgan fingerprint density at radius 2 is 1.89 bits per heavy atom. The molecule has 0 aliphatic heterocycles. The Bertz CT molecular complexity index is 615. The van der Waals surface area contributed by atoms with Crippen LogP contribution in [0.3, 0.4) is 0 Å². The minimum Gasteiger partial charge on any atom is -0.493 e. The van der Waals surface area contributed by atoms with E-state index < -0.39 is 0 Å². The summed E-state index contributed by atoms with van der Waals surface area (Å²) in [7, 11) is 3.48. The number of aryl methyl sites for hydroxylation is 1. The van der Waals surface area contributed by atoms with Crippen molar-refractivity contribution in [3.8, 4) is 5.75 Å². The second kappa shape index (κ2) is 11.9. The van der Waals surface area contributed by atoms with E-state index in [0.717, 1.165) is 49.8 Å². The van der Waals surface area contributed by atoms with Gasteiger partial charge < -0.3 is 24.8 Å². The normalized spacial score (nSPS) is 15.4. The van der Waals surface area contributed by atoms with Crippen LogP contribution in [0.25, 0.3) is 0 Å². The summed E-state index contributed by atoms with van der Waals surface area (Å²) in [5.74, 6) is 1.77. The molecule has 6 nitrogen and oxygen atoms in total. The number of hydrogen-bond donors (Lipinski definition) is 2. The van der Waals surface area contributed by atoms with Crippen molar-refractivity contribution in [3.63, 3.8) is 0 Å². The number of rotatable bonds is 13. The molecule has 28 heavy (non-hydrogen) atoms. The molecule has 1 aromatic rings. The molecule has 0 radical (unpaired) electrons. The molecule has 2 N–H and O–H groups in total. The van der Waals surface area contributed by atoms with Gasteiger partial charge in [0.1, 0.15) is 5.75 Å². The molecule has 0 unspecified atom stereocenters. The summed E-state index contributed by atoms with van der Waals surface area (Å²) in [6, 6.07) is 6.30. The monoisotopic (exact) mass is 391 g/mol. The first-order chi connectivity index (χ1) is 13.6. The zero-order valence-electron chi connectivity index (χ0n) is 18.0. The number of guanidine groups is 1. The number of nitrogens with zero attached hydrogens (tertiary/aromatic N) is 1. The largest absolute Gasteiger partial charge is 0.493 e. The van der Waals surface area contributed by atoms with Crippen LogP contribution in [-0.4, -0.2) is 53.1 Å². The van der Waals surface area contributed by atoms with Crippen molar-refractivity contribution in [2.45, 2.75) is 46.1 Å². The van der Waals surface area contributed by atoms with Crippen molar-refractivity contribution in [2.24, 2.45) is 10.4 Å². The lowest BCUT2D eigenvalue weighted by Crippen LogP contribution is -2.40. The molecule has 0 bridgehead atoms. The lowest BCUT2D eigenvalue weighted by Gasteiger charge is -2.18. The lowest BCUT2D eigenvalue weighted by atomic mass is 10.0. The summed E-state index contributed by atoms with van der Waals surface area (Å²) in [4.78, 5) is 4.79. The molecule has 2 rings (SSSR count). The van der Waals surface area contributed by atoms with E-state index in [9.17, 15) is 0 Å². The number of aliphatic imine (C=N–C) groups is 1. The number of ether oxygens (including phenoxy) is 3. The van der Waals surface area contributed by atoms with Crippen LogP contribution in [-0.2, 0) is 16.0 Å². The van der Waals surface area contributed by atoms with Gasteiger partial charge in [0.05, 0.1) is 13.2 Å². The molecule has 1 fully saturated rings. The van der Waals surface area contributed by atoms with Gasteiger partial charge in [-0.1, -0.05) is 12.1 Å². The number of benzene rings is 1. The Morgan fingerprint density at radius 1 is 1.11 bits per heavy atom. The molecular weight excluding hydrogens is 354 g/mol. The van der Waals surface area contributed by atoms with Crippen molar-refractivity contribution in [2.75, 3.05) is 47.1 Å². The van der Waals surface area contributed by atoms with E-state index in [-0.39, 0.29) is 0 Å². The summed E-state index contributed by atoms with van der Waals surface area (Å²) in [5.41, 5.74) is 2.67. The zero-order valence-corrected chi connectivity index (χ0v) is 18.0. The smallest absolute Gasteiger partial charge is 0.191 e. The summed E-state index contributed by atoms with van der Waals surface area (Å²) in [6.45, 7) is 8.71. The first kappa shape index (κ1) is 22.5. The van der Waals surface area contributed by atoms with Crippen molar-refractivity contribution >= 4 is 5.96 Å². The van der Waals surface area contributed by atoms with Gasteiger partial charge in [0, 0.05) is 52.5 Å². The lowest BCUT2D eigenvalue weighted by molar-refractivity contribution is 0.171.